The molecule has 4 rings (SSSR count). The van der Waals surface area contributed by atoms with Gasteiger partial charge < -0.3 is 31.2 Å². The molecule has 4 unspecified atom stereocenters. The minimum absolute atomic E-state index is 0.0325. The van der Waals surface area contributed by atoms with E-state index in [1.54, 1.807) is 0 Å². The van der Waals surface area contributed by atoms with Crippen LogP contribution in [0.15, 0.2) is 12.2 Å². The van der Waals surface area contributed by atoms with Crippen LogP contribution < -0.4 is 10.6 Å². The van der Waals surface area contributed by atoms with Gasteiger partial charge >= 0.3 is 0 Å². The van der Waals surface area contributed by atoms with E-state index in [9.17, 15) is 20.0 Å². The summed E-state index contributed by atoms with van der Waals surface area (Å²) in [6.07, 6.45) is 9.88. The van der Waals surface area contributed by atoms with E-state index in [1.807, 2.05) is 55.4 Å². The number of nitrogens with one attached hydrogen (secondary N) is 2. The Morgan fingerprint density at radius 3 is 1.21 bits per heavy atom. The Morgan fingerprint density at radius 1 is 0.632 bits per heavy atom. The summed E-state index contributed by atoms with van der Waals surface area (Å²) in [5, 5.41) is 34.5. The summed E-state index contributed by atoms with van der Waals surface area (Å²) in [6.45, 7) is 15.6. The van der Waals surface area contributed by atoms with Crippen LogP contribution in [-0.2, 0) is 9.59 Å². The lowest BCUT2D eigenvalue weighted by molar-refractivity contribution is -0.138. The molecule has 0 aromatic carbocycles. The lowest BCUT2D eigenvalue weighted by atomic mass is 9.62. The second-order valence-electron chi connectivity index (χ2n) is 15.1. The molecule has 0 bridgehead atoms. The predicted octanol–water partition coefficient (Wildman–Crippen LogP) is 4.87. The number of fused-ring (bicyclic) bond motifs is 1. The molecule has 1 saturated carbocycles. The number of carbonyl (C=O) groups is 2. The molecule has 2 aliphatic heterocycles. The van der Waals surface area contributed by atoms with Crippen LogP contribution in [0.5, 0.6) is 0 Å². The fourth-order valence-electron chi connectivity index (χ4n) is 8.57. The van der Waals surface area contributed by atoms with Crippen LogP contribution in [0.3, 0.4) is 0 Å². The molecule has 216 valence electrons. The summed E-state index contributed by atoms with van der Waals surface area (Å²) < 4.78 is 0. The first-order valence-electron chi connectivity index (χ1n) is 14.7. The topological polar surface area (TPSA) is 111 Å². The number of rotatable bonds is 4. The van der Waals surface area contributed by atoms with Crippen LogP contribution in [0.2, 0.25) is 0 Å². The molecule has 2 amide bonds. The molecule has 2 heterocycles. The Hall–Kier alpha value is -1.48. The third-order valence-corrected chi connectivity index (χ3v) is 9.90. The van der Waals surface area contributed by atoms with Crippen LogP contribution in [0.4, 0.5) is 0 Å². The van der Waals surface area contributed by atoms with Crippen LogP contribution in [-0.4, -0.2) is 56.2 Å². The fraction of sp³-hybridized carbons (Fsp3) is 0.867. The van der Waals surface area contributed by atoms with E-state index in [4.69, 9.17) is 0 Å². The van der Waals surface area contributed by atoms with Gasteiger partial charge in [-0.1, -0.05) is 12.2 Å². The molecule has 4 aliphatic rings. The Balaban J connectivity index is 1.42. The van der Waals surface area contributed by atoms with Gasteiger partial charge in [0.15, 0.2) is 0 Å². The summed E-state index contributed by atoms with van der Waals surface area (Å²) in [4.78, 5) is 27.3. The van der Waals surface area contributed by atoms with Crippen LogP contribution in [0, 0.1) is 34.1 Å². The summed E-state index contributed by atoms with van der Waals surface area (Å²) in [5.74, 6) is 0.204. The lowest BCUT2D eigenvalue weighted by Crippen LogP contribution is -2.63. The smallest absolute Gasteiger partial charge is 0.223 e. The molecule has 4 atom stereocenters. The number of hydroxylamine groups is 4. The third kappa shape index (κ3) is 5.70. The molecule has 8 heteroatoms. The number of amides is 2. The van der Waals surface area contributed by atoms with Gasteiger partial charge in [0.25, 0.3) is 0 Å². The average molecular weight is 531 g/mol. The second kappa shape index (κ2) is 10.2. The van der Waals surface area contributed by atoms with Gasteiger partial charge in [-0.3, -0.25) is 9.59 Å². The van der Waals surface area contributed by atoms with Crippen LogP contribution in [0.25, 0.3) is 0 Å². The maximum absolute atomic E-state index is 13.6. The summed E-state index contributed by atoms with van der Waals surface area (Å²) >= 11 is 0. The zero-order valence-electron chi connectivity index (χ0n) is 24.8. The van der Waals surface area contributed by atoms with Crippen LogP contribution in [0.1, 0.15) is 107 Å². The van der Waals surface area contributed by atoms with Crippen molar-refractivity contribution in [2.45, 2.75) is 141 Å². The number of carbonyl (C=O) groups excluding carboxylic acids is 2. The van der Waals surface area contributed by atoms with Gasteiger partial charge in [0.1, 0.15) is 0 Å². The molecule has 0 aromatic rings. The van der Waals surface area contributed by atoms with Crippen molar-refractivity contribution in [3.05, 3.63) is 22.6 Å². The van der Waals surface area contributed by atoms with Gasteiger partial charge in [-0.05, 0) is 119 Å². The van der Waals surface area contributed by atoms with Gasteiger partial charge in [-0.2, -0.15) is 0 Å². The van der Waals surface area contributed by atoms with Crippen molar-refractivity contribution in [1.29, 1.82) is 0 Å². The maximum Gasteiger partial charge on any atom is 0.223 e. The second-order valence-corrected chi connectivity index (χ2v) is 15.1. The summed E-state index contributed by atoms with van der Waals surface area (Å²) in [7, 11) is 0. The van der Waals surface area contributed by atoms with Crippen molar-refractivity contribution in [3.8, 4) is 0 Å². The van der Waals surface area contributed by atoms with Gasteiger partial charge in [-0.15, -0.1) is 0 Å². The molecule has 2 N–H and O–H groups in total. The molecular formula is C30H50N4O4-2. The molecule has 0 radical (unpaired) electrons. The maximum atomic E-state index is 13.6. The fourth-order valence-corrected chi connectivity index (χ4v) is 8.57. The largest absolute Gasteiger partial charge is 0.784 e. The molecule has 8 nitrogen and oxygen atoms in total. The first-order chi connectivity index (χ1) is 17.4. The van der Waals surface area contributed by atoms with E-state index in [2.05, 4.69) is 22.8 Å². The summed E-state index contributed by atoms with van der Waals surface area (Å²) in [6, 6.07) is -0.0650. The van der Waals surface area contributed by atoms with Crippen LogP contribution >= 0.6 is 0 Å². The molecule has 2 saturated heterocycles. The normalized spacial score (nSPS) is 35.3. The van der Waals surface area contributed by atoms with E-state index >= 15 is 0 Å². The highest BCUT2D eigenvalue weighted by molar-refractivity contribution is 5.82. The molecule has 0 spiro atoms. The Morgan fingerprint density at radius 2 is 0.921 bits per heavy atom. The van der Waals surface area contributed by atoms with Crippen molar-refractivity contribution in [2.75, 3.05) is 0 Å². The van der Waals surface area contributed by atoms with Crippen molar-refractivity contribution in [1.82, 2.24) is 20.8 Å². The summed E-state index contributed by atoms with van der Waals surface area (Å²) in [5.41, 5.74) is -2.12. The monoisotopic (exact) mass is 530 g/mol. The van der Waals surface area contributed by atoms with Gasteiger partial charge in [0.2, 0.25) is 11.8 Å². The number of hydrogen-bond acceptors (Lipinski definition) is 6. The number of hydrogen-bond donors (Lipinski definition) is 2. The third-order valence-electron chi connectivity index (χ3n) is 9.90. The highest BCUT2D eigenvalue weighted by Crippen LogP contribution is 2.46. The van der Waals surface area contributed by atoms with E-state index in [-0.39, 0.29) is 47.6 Å². The average Bonchev–Trinajstić information content (AvgIpc) is 2.79. The molecule has 38 heavy (non-hydrogen) atoms. The number of nitrogens with zero attached hydrogens (tertiary/aromatic N) is 2. The zero-order chi connectivity index (χ0) is 28.3. The lowest BCUT2D eigenvalue weighted by Gasteiger charge is -2.60. The quantitative estimate of drug-likeness (QED) is 0.502. The highest BCUT2D eigenvalue weighted by Gasteiger charge is 2.48. The first kappa shape index (κ1) is 29.5. The number of allylic oxidation sites excluding steroid dienone is 2. The molecule has 2 aliphatic carbocycles. The standard InChI is InChI=1S/C30H50N4O4/c1-27(2)15-19(16-28(3,4)33(27)37)31-25(35)23-13-14-24(22-12-10-9-11-21(22)23)26(36)32-20-17-29(5,6)34(38)30(7,8)18-20/h9-10,19-24H,11-18H2,1-8H3,(H,31,35)(H,32,36)/q-2. The van der Waals surface area contributed by atoms with Gasteiger partial charge in [0.05, 0.1) is 0 Å². The van der Waals surface area contributed by atoms with Crippen molar-refractivity contribution < 1.29 is 9.59 Å². The predicted molar refractivity (Wildman–Crippen MR) is 151 cm³/mol. The Labute approximate surface area is 229 Å². The van der Waals surface area contributed by atoms with E-state index in [0.29, 0.717) is 38.5 Å². The Bertz CT molecular complexity index is 833. The van der Waals surface area contributed by atoms with Gasteiger partial charge in [-0.25, -0.2) is 0 Å². The number of piperidine rings is 2. The van der Waals surface area contributed by atoms with E-state index in [1.165, 1.54) is 10.1 Å². The Kier molecular flexibility index (Phi) is 7.89. The molecule has 0 aromatic heterocycles. The molecular weight excluding hydrogens is 480 g/mol. The minimum Gasteiger partial charge on any atom is -0.784 e. The van der Waals surface area contributed by atoms with Crippen molar-refractivity contribution in [2.24, 2.45) is 23.7 Å². The first-order valence-corrected chi connectivity index (χ1v) is 14.7. The van der Waals surface area contributed by atoms with Gasteiger partial charge in [0, 0.05) is 46.1 Å². The zero-order valence-corrected chi connectivity index (χ0v) is 24.8. The minimum atomic E-state index is -0.531. The van der Waals surface area contributed by atoms with Crippen molar-refractivity contribution in [3.63, 3.8) is 0 Å². The van der Waals surface area contributed by atoms with E-state index < -0.39 is 22.2 Å². The SMILES string of the molecule is CC1(C)CC(NC(=O)C2CCC(C(=O)NC3CC(C)(C)N([O-])C(C)(C)C3)C3CC=CCC23)CC(C)(C)N1[O-]. The molecule has 3 fully saturated rings. The highest BCUT2D eigenvalue weighted by atomic mass is 16.5. The van der Waals surface area contributed by atoms with Crippen molar-refractivity contribution >= 4 is 11.8 Å². The van der Waals surface area contributed by atoms with E-state index in [0.717, 1.165) is 12.8 Å².